The van der Waals surface area contributed by atoms with E-state index in [1.807, 2.05) is 43.3 Å². The minimum absolute atomic E-state index is 0.129. The summed E-state index contributed by atoms with van der Waals surface area (Å²) in [5.41, 5.74) is 11.3. The van der Waals surface area contributed by atoms with Crippen LogP contribution in [0.2, 0.25) is 0 Å². The second-order valence-electron chi connectivity index (χ2n) is 6.48. The van der Waals surface area contributed by atoms with Crippen molar-refractivity contribution < 1.29 is 4.79 Å². The number of H-pyrrole nitrogens is 1. The molecule has 1 amide bonds. The first kappa shape index (κ1) is 17.5. The van der Waals surface area contributed by atoms with Crippen LogP contribution < -0.4 is 16.4 Å². The molecule has 0 unspecified atom stereocenters. The van der Waals surface area contributed by atoms with E-state index in [1.54, 1.807) is 25.4 Å². The fourth-order valence-corrected chi connectivity index (χ4v) is 3.16. The predicted octanol–water partition coefficient (Wildman–Crippen LogP) is 3.62. The highest BCUT2D eigenvalue weighted by Crippen LogP contribution is 2.35. The van der Waals surface area contributed by atoms with Gasteiger partial charge in [0.1, 0.15) is 5.52 Å². The van der Waals surface area contributed by atoms with E-state index in [-0.39, 0.29) is 5.91 Å². The van der Waals surface area contributed by atoms with E-state index in [0.29, 0.717) is 17.2 Å². The van der Waals surface area contributed by atoms with Gasteiger partial charge in [0.15, 0.2) is 11.6 Å². The molecule has 4 rings (SSSR count). The minimum Gasteiger partial charge on any atom is -0.382 e. The van der Waals surface area contributed by atoms with Gasteiger partial charge in [0.25, 0.3) is 5.91 Å². The van der Waals surface area contributed by atoms with E-state index in [9.17, 15) is 4.79 Å². The van der Waals surface area contributed by atoms with Crippen LogP contribution in [-0.4, -0.2) is 28.1 Å². The normalized spacial score (nSPS) is 10.8. The Morgan fingerprint density at radius 1 is 1.11 bits per heavy atom. The zero-order valence-corrected chi connectivity index (χ0v) is 15.6. The maximum Gasteiger partial charge on any atom is 0.251 e. The SMILES string of the molecule is CNC(=O)c1ccc(-c2cnc(Nc3ccccc3C)c3[nH]nc(N)c23)cc1. The molecule has 0 fully saturated rings. The Hall–Kier alpha value is -3.87. The van der Waals surface area contributed by atoms with Crippen molar-refractivity contribution in [1.82, 2.24) is 20.5 Å². The molecule has 0 aliphatic carbocycles. The van der Waals surface area contributed by atoms with Gasteiger partial charge in [-0.15, -0.1) is 0 Å². The molecule has 0 aliphatic heterocycles. The number of amides is 1. The van der Waals surface area contributed by atoms with Crippen LogP contribution >= 0.6 is 0 Å². The molecule has 4 aromatic rings. The van der Waals surface area contributed by atoms with Crippen LogP contribution in [-0.2, 0) is 0 Å². The first-order valence-corrected chi connectivity index (χ1v) is 8.86. The highest BCUT2D eigenvalue weighted by molar-refractivity contribution is 6.06. The van der Waals surface area contributed by atoms with Gasteiger partial charge in [0.2, 0.25) is 0 Å². The molecule has 0 spiro atoms. The second kappa shape index (κ2) is 7.03. The lowest BCUT2D eigenvalue weighted by molar-refractivity contribution is 0.0963. The molecule has 0 saturated heterocycles. The van der Waals surface area contributed by atoms with Crippen LogP contribution in [0, 0.1) is 6.92 Å². The van der Waals surface area contributed by atoms with Crippen LogP contribution in [0.5, 0.6) is 0 Å². The maximum absolute atomic E-state index is 11.8. The Morgan fingerprint density at radius 2 is 1.86 bits per heavy atom. The molecule has 2 aromatic carbocycles. The second-order valence-corrected chi connectivity index (χ2v) is 6.48. The van der Waals surface area contributed by atoms with Crippen molar-refractivity contribution in [2.24, 2.45) is 0 Å². The molecule has 0 saturated carbocycles. The highest BCUT2D eigenvalue weighted by Gasteiger charge is 2.16. The minimum atomic E-state index is -0.129. The number of aryl methyl sites for hydroxylation is 1. The summed E-state index contributed by atoms with van der Waals surface area (Å²) in [5.74, 6) is 0.922. The Balaban J connectivity index is 1.78. The lowest BCUT2D eigenvalue weighted by Gasteiger charge is -2.11. The Kier molecular flexibility index (Phi) is 4.41. The fraction of sp³-hybridized carbons (Fsp3) is 0.0952. The highest BCUT2D eigenvalue weighted by atomic mass is 16.1. The molecule has 5 N–H and O–H groups in total. The molecule has 0 radical (unpaired) electrons. The average Bonchev–Trinajstić information content (AvgIpc) is 3.12. The van der Waals surface area contributed by atoms with E-state index in [2.05, 4.69) is 25.8 Å². The number of nitrogens with zero attached hydrogens (tertiary/aromatic N) is 2. The number of aromatic amines is 1. The molecule has 140 valence electrons. The van der Waals surface area contributed by atoms with Gasteiger partial charge in [-0.3, -0.25) is 9.89 Å². The van der Waals surface area contributed by atoms with Gasteiger partial charge < -0.3 is 16.4 Å². The fourth-order valence-electron chi connectivity index (χ4n) is 3.16. The topological polar surface area (TPSA) is 109 Å². The monoisotopic (exact) mass is 372 g/mol. The van der Waals surface area contributed by atoms with Crippen molar-refractivity contribution in [3.8, 4) is 11.1 Å². The predicted molar refractivity (Wildman–Crippen MR) is 112 cm³/mol. The van der Waals surface area contributed by atoms with Gasteiger partial charge in [-0.1, -0.05) is 30.3 Å². The van der Waals surface area contributed by atoms with Gasteiger partial charge in [-0.05, 0) is 36.2 Å². The molecule has 7 nitrogen and oxygen atoms in total. The average molecular weight is 372 g/mol. The largest absolute Gasteiger partial charge is 0.382 e. The number of para-hydroxylation sites is 1. The van der Waals surface area contributed by atoms with Crippen LogP contribution in [0.1, 0.15) is 15.9 Å². The number of carbonyl (C=O) groups excluding carboxylic acids is 1. The summed E-state index contributed by atoms with van der Waals surface area (Å²) >= 11 is 0. The molecular weight excluding hydrogens is 352 g/mol. The van der Waals surface area contributed by atoms with Crippen LogP contribution in [0.3, 0.4) is 0 Å². The molecule has 0 atom stereocenters. The summed E-state index contributed by atoms with van der Waals surface area (Å²) in [6, 6.07) is 15.3. The Bertz CT molecular complexity index is 1160. The molecule has 0 bridgehead atoms. The summed E-state index contributed by atoms with van der Waals surface area (Å²) < 4.78 is 0. The van der Waals surface area contributed by atoms with Crippen molar-refractivity contribution in [2.45, 2.75) is 6.92 Å². The quantitative estimate of drug-likeness (QED) is 0.437. The van der Waals surface area contributed by atoms with E-state index >= 15 is 0 Å². The van der Waals surface area contributed by atoms with Crippen molar-refractivity contribution in [3.05, 3.63) is 65.9 Å². The van der Waals surface area contributed by atoms with E-state index in [1.165, 1.54) is 0 Å². The lowest BCUT2D eigenvalue weighted by Crippen LogP contribution is -2.17. The summed E-state index contributed by atoms with van der Waals surface area (Å²) in [6.07, 6.45) is 1.77. The van der Waals surface area contributed by atoms with Crippen molar-refractivity contribution in [2.75, 3.05) is 18.1 Å². The zero-order chi connectivity index (χ0) is 19.7. The number of aromatic nitrogens is 3. The number of anilines is 3. The number of nitrogens with two attached hydrogens (primary N) is 1. The first-order valence-electron chi connectivity index (χ1n) is 8.86. The molecule has 7 heteroatoms. The Morgan fingerprint density at radius 3 is 2.57 bits per heavy atom. The third-order valence-electron chi connectivity index (χ3n) is 4.71. The number of benzene rings is 2. The summed E-state index contributed by atoms with van der Waals surface area (Å²) in [5, 5.41) is 13.9. The number of carbonyl (C=O) groups is 1. The molecule has 28 heavy (non-hydrogen) atoms. The van der Waals surface area contributed by atoms with Crippen molar-refractivity contribution in [1.29, 1.82) is 0 Å². The van der Waals surface area contributed by atoms with Gasteiger partial charge in [-0.25, -0.2) is 4.98 Å². The Labute approximate surface area is 162 Å². The van der Waals surface area contributed by atoms with Gasteiger partial charge in [-0.2, -0.15) is 5.10 Å². The van der Waals surface area contributed by atoms with Crippen molar-refractivity contribution >= 4 is 34.1 Å². The molecule has 2 aromatic heterocycles. The molecular formula is C21H20N6O. The van der Waals surface area contributed by atoms with E-state index in [0.717, 1.165) is 33.3 Å². The summed E-state index contributed by atoms with van der Waals surface area (Å²) in [6.45, 7) is 2.03. The number of hydrogen-bond acceptors (Lipinski definition) is 5. The number of hydrogen-bond donors (Lipinski definition) is 4. The number of pyridine rings is 1. The van der Waals surface area contributed by atoms with Crippen LogP contribution in [0.25, 0.3) is 22.0 Å². The van der Waals surface area contributed by atoms with Crippen LogP contribution in [0.4, 0.5) is 17.3 Å². The lowest BCUT2D eigenvalue weighted by atomic mass is 10.0. The maximum atomic E-state index is 11.8. The smallest absolute Gasteiger partial charge is 0.251 e. The summed E-state index contributed by atoms with van der Waals surface area (Å²) in [4.78, 5) is 16.4. The standard InChI is InChI=1S/C21H20N6O/c1-12-5-3-4-6-16(12)25-20-18-17(19(22)27-26-18)15(11-24-20)13-7-9-14(10-8-13)21(28)23-2/h3-11H,1-2H3,(H,23,28)(H,24,25)(H3,22,26,27). The third-order valence-corrected chi connectivity index (χ3v) is 4.71. The van der Waals surface area contributed by atoms with Gasteiger partial charge >= 0.3 is 0 Å². The van der Waals surface area contributed by atoms with Crippen LogP contribution in [0.15, 0.2) is 54.7 Å². The molecule has 0 aliphatic rings. The number of nitrogen functional groups attached to an aromatic ring is 1. The van der Waals surface area contributed by atoms with Gasteiger partial charge in [0.05, 0.1) is 5.39 Å². The van der Waals surface area contributed by atoms with E-state index in [4.69, 9.17) is 5.73 Å². The number of fused-ring (bicyclic) bond motifs is 1. The summed E-state index contributed by atoms with van der Waals surface area (Å²) in [7, 11) is 1.61. The zero-order valence-electron chi connectivity index (χ0n) is 15.6. The number of rotatable bonds is 4. The number of nitrogens with one attached hydrogen (secondary N) is 3. The molecule has 2 heterocycles. The van der Waals surface area contributed by atoms with E-state index < -0.39 is 0 Å². The third kappa shape index (κ3) is 3.03. The van der Waals surface area contributed by atoms with Gasteiger partial charge in [0, 0.05) is 30.1 Å². The van der Waals surface area contributed by atoms with Crippen molar-refractivity contribution in [3.63, 3.8) is 0 Å². The first-order chi connectivity index (χ1) is 13.6.